The van der Waals surface area contributed by atoms with Gasteiger partial charge in [-0.05, 0) is 29.8 Å². The van der Waals surface area contributed by atoms with Crippen LogP contribution < -0.4 is 5.32 Å². The van der Waals surface area contributed by atoms with E-state index in [1.807, 2.05) is 25.6 Å². The molecule has 0 atom stereocenters. The molecular weight excluding hydrogens is 296 g/mol. The van der Waals surface area contributed by atoms with Crippen molar-refractivity contribution in [2.75, 3.05) is 5.32 Å². The lowest BCUT2D eigenvalue weighted by molar-refractivity contribution is 0.730. The number of halogens is 1. The summed E-state index contributed by atoms with van der Waals surface area (Å²) in [7, 11) is 1.91. The summed E-state index contributed by atoms with van der Waals surface area (Å²) in [5.41, 5.74) is 3.69. The summed E-state index contributed by atoms with van der Waals surface area (Å²) in [5.74, 6) is 0.548. The maximum Gasteiger partial charge on any atom is 0.167 e. The van der Waals surface area contributed by atoms with Crippen molar-refractivity contribution in [1.82, 2.24) is 20.0 Å². The van der Waals surface area contributed by atoms with E-state index in [9.17, 15) is 0 Å². The largest absolute Gasteiger partial charge is 0.363 e. The third-order valence-corrected chi connectivity index (χ3v) is 3.50. The van der Waals surface area contributed by atoms with E-state index < -0.39 is 0 Å². The van der Waals surface area contributed by atoms with Crippen LogP contribution in [0.4, 0.5) is 5.82 Å². The minimum atomic E-state index is 0.481. The Morgan fingerprint density at radius 1 is 1.50 bits per heavy atom. The zero-order chi connectivity index (χ0) is 13.3. The zero-order valence-corrected chi connectivity index (χ0v) is 12.0. The predicted octanol–water partition coefficient (Wildman–Crippen LogP) is 2.01. The van der Waals surface area contributed by atoms with Crippen LogP contribution in [0.25, 0.3) is 0 Å². The molecule has 2 rings (SSSR count). The fraction of sp³-hybridized carbons (Fsp3) is 0.364. The van der Waals surface area contributed by atoms with E-state index in [1.54, 1.807) is 0 Å². The second-order valence-corrected chi connectivity index (χ2v) is 4.79. The molecule has 0 aromatic carbocycles. The van der Waals surface area contributed by atoms with E-state index in [0.717, 1.165) is 17.0 Å². The van der Waals surface area contributed by atoms with Gasteiger partial charge in [0, 0.05) is 24.8 Å². The van der Waals surface area contributed by atoms with Gasteiger partial charge in [0.2, 0.25) is 0 Å². The number of rotatable bonds is 3. The van der Waals surface area contributed by atoms with Crippen molar-refractivity contribution in [3.63, 3.8) is 0 Å². The Morgan fingerprint density at radius 2 is 2.22 bits per heavy atom. The molecule has 2 aromatic rings. The lowest BCUT2D eigenvalue weighted by Gasteiger charge is -2.04. The van der Waals surface area contributed by atoms with Gasteiger partial charge in [-0.3, -0.25) is 9.78 Å². The number of aryl methyl sites for hydroxylation is 2. The van der Waals surface area contributed by atoms with Crippen molar-refractivity contribution in [1.29, 1.82) is 5.26 Å². The highest BCUT2D eigenvalue weighted by atomic mass is 79.9. The minimum Gasteiger partial charge on any atom is -0.363 e. The molecule has 0 bridgehead atoms. The molecule has 6 nitrogen and oxygen atoms in total. The first-order chi connectivity index (χ1) is 8.54. The zero-order valence-electron chi connectivity index (χ0n) is 10.4. The number of aromatic nitrogens is 4. The molecule has 0 aliphatic rings. The van der Waals surface area contributed by atoms with Crippen LogP contribution in [0.3, 0.4) is 0 Å². The highest BCUT2D eigenvalue weighted by Gasteiger charge is 2.13. The second-order valence-electron chi connectivity index (χ2n) is 4.00. The van der Waals surface area contributed by atoms with Crippen molar-refractivity contribution in [3.05, 3.63) is 27.1 Å². The number of aromatic amines is 1. The molecule has 2 N–H and O–H groups in total. The van der Waals surface area contributed by atoms with Gasteiger partial charge < -0.3 is 5.32 Å². The highest BCUT2D eigenvalue weighted by molar-refractivity contribution is 9.10. The van der Waals surface area contributed by atoms with Gasteiger partial charge >= 0.3 is 0 Å². The molecule has 0 saturated heterocycles. The standard InChI is InChI=1S/C11H13BrN6/c1-6-9(7(2)18(3)17-6)5-14-11-8(4-13)10(12)15-16-11/h5H2,1-3H3,(H2,14,15,16). The normalized spacial score (nSPS) is 10.4. The van der Waals surface area contributed by atoms with Gasteiger partial charge in [-0.25, -0.2) is 0 Å². The average molecular weight is 309 g/mol. The monoisotopic (exact) mass is 308 g/mol. The van der Waals surface area contributed by atoms with E-state index in [-0.39, 0.29) is 0 Å². The Bertz CT molecular complexity index is 618. The second kappa shape index (κ2) is 4.82. The quantitative estimate of drug-likeness (QED) is 0.908. The third kappa shape index (κ3) is 2.11. The fourth-order valence-electron chi connectivity index (χ4n) is 1.80. The number of nitrogens with one attached hydrogen (secondary N) is 2. The molecule has 0 unspecified atom stereocenters. The van der Waals surface area contributed by atoms with E-state index >= 15 is 0 Å². The minimum absolute atomic E-state index is 0.481. The summed E-state index contributed by atoms with van der Waals surface area (Å²) in [6.45, 7) is 4.58. The third-order valence-electron chi connectivity index (χ3n) is 2.93. The molecule has 0 amide bonds. The Balaban J connectivity index is 2.19. The maximum absolute atomic E-state index is 9.00. The average Bonchev–Trinajstić information content (AvgIpc) is 2.79. The summed E-state index contributed by atoms with van der Waals surface area (Å²) in [4.78, 5) is 0. The number of nitriles is 1. The smallest absolute Gasteiger partial charge is 0.167 e. The van der Waals surface area contributed by atoms with Crippen LogP contribution in [0.2, 0.25) is 0 Å². The van der Waals surface area contributed by atoms with E-state index in [1.165, 1.54) is 0 Å². The molecule has 94 valence electrons. The van der Waals surface area contributed by atoms with Crippen molar-refractivity contribution in [2.24, 2.45) is 7.05 Å². The summed E-state index contributed by atoms with van der Waals surface area (Å²) in [5, 5.41) is 23.2. The molecule has 0 aliphatic carbocycles. The highest BCUT2D eigenvalue weighted by Crippen LogP contribution is 2.21. The molecule has 0 radical (unpaired) electrons. The van der Waals surface area contributed by atoms with Crippen molar-refractivity contribution < 1.29 is 0 Å². The fourth-order valence-corrected chi connectivity index (χ4v) is 2.16. The lowest BCUT2D eigenvalue weighted by atomic mass is 10.2. The summed E-state index contributed by atoms with van der Waals surface area (Å²) in [6, 6.07) is 2.09. The molecular formula is C11H13BrN6. The molecule has 0 saturated carbocycles. The summed E-state index contributed by atoms with van der Waals surface area (Å²) >= 11 is 3.24. The Morgan fingerprint density at radius 3 is 2.78 bits per heavy atom. The van der Waals surface area contributed by atoms with Crippen LogP contribution >= 0.6 is 15.9 Å². The number of nitrogens with zero attached hydrogens (tertiary/aromatic N) is 4. The van der Waals surface area contributed by atoms with Crippen LogP contribution in [-0.4, -0.2) is 20.0 Å². The van der Waals surface area contributed by atoms with Gasteiger partial charge in [-0.1, -0.05) is 0 Å². The van der Waals surface area contributed by atoms with Crippen molar-refractivity contribution in [3.8, 4) is 6.07 Å². The molecule has 0 aliphatic heterocycles. The van der Waals surface area contributed by atoms with Crippen LogP contribution in [0, 0.1) is 25.2 Å². The number of H-pyrrole nitrogens is 1. The molecule has 2 heterocycles. The summed E-state index contributed by atoms with van der Waals surface area (Å²) in [6.07, 6.45) is 0. The van der Waals surface area contributed by atoms with E-state index in [0.29, 0.717) is 22.5 Å². The maximum atomic E-state index is 9.00. The van der Waals surface area contributed by atoms with Crippen LogP contribution in [0.1, 0.15) is 22.5 Å². The first kappa shape index (κ1) is 12.6. The Kier molecular flexibility index (Phi) is 3.39. The Labute approximate surface area is 113 Å². The van der Waals surface area contributed by atoms with Crippen LogP contribution in [0.15, 0.2) is 4.60 Å². The lowest BCUT2D eigenvalue weighted by Crippen LogP contribution is -2.03. The van der Waals surface area contributed by atoms with Gasteiger partial charge in [0.25, 0.3) is 0 Å². The number of hydrogen-bond donors (Lipinski definition) is 2. The molecule has 18 heavy (non-hydrogen) atoms. The summed E-state index contributed by atoms with van der Waals surface area (Å²) < 4.78 is 2.44. The predicted molar refractivity (Wildman–Crippen MR) is 71.0 cm³/mol. The van der Waals surface area contributed by atoms with E-state index in [4.69, 9.17) is 5.26 Å². The van der Waals surface area contributed by atoms with Gasteiger partial charge in [0.15, 0.2) is 5.82 Å². The van der Waals surface area contributed by atoms with Gasteiger partial charge in [-0.15, -0.1) is 0 Å². The van der Waals surface area contributed by atoms with Crippen molar-refractivity contribution >= 4 is 21.7 Å². The number of anilines is 1. The molecule has 2 aromatic heterocycles. The van der Waals surface area contributed by atoms with Gasteiger partial charge in [0.1, 0.15) is 16.2 Å². The van der Waals surface area contributed by atoms with Gasteiger partial charge in [0.05, 0.1) is 5.69 Å². The number of hydrogen-bond acceptors (Lipinski definition) is 4. The van der Waals surface area contributed by atoms with Crippen LogP contribution in [0.5, 0.6) is 0 Å². The van der Waals surface area contributed by atoms with Crippen LogP contribution in [-0.2, 0) is 13.6 Å². The topological polar surface area (TPSA) is 82.3 Å². The molecule has 7 heteroatoms. The van der Waals surface area contributed by atoms with E-state index in [2.05, 4.69) is 42.6 Å². The Hall–Kier alpha value is -1.81. The molecule has 0 spiro atoms. The van der Waals surface area contributed by atoms with Crippen molar-refractivity contribution in [2.45, 2.75) is 20.4 Å². The van der Waals surface area contributed by atoms with Gasteiger partial charge in [-0.2, -0.15) is 15.5 Å². The first-order valence-corrected chi connectivity index (χ1v) is 6.20. The molecule has 0 fully saturated rings. The SMILES string of the molecule is Cc1nn(C)c(C)c1CNc1n[nH]c(Br)c1C#N. The first-order valence-electron chi connectivity index (χ1n) is 5.41.